The molecular weight excluding hydrogens is 342 g/mol. The molecule has 2 aromatic carbocycles. The van der Waals surface area contributed by atoms with E-state index in [0.29, 0.717) is 29.2 Å². The second-order valence-electron chi connectivity index (χ2n) is 5.76. The molecule has 0 aliphatic heterocycles. The quantitative estimate of drug-likeness (QED) is 0.657. The second-order valence-corrected chi connectivity index (χ2v) is 5.76. The van der Waals surface area contributed by atoms with Crippen LogP contribution < -0.4 is 10.6 Å². The number of anilines is 2. The van der Waals surface area contributed by atoms with E-state index in [9.17, 15) is 9.59 Å². The number of ether oxygens (including phenoxy) is 1. The molecule has 3 rings (SSSR count). The van der Waals surface area contributed by atoms with Crippen molar-refractivity contribution in [3.8, 4) is 0 Å². The van der Waals surface area contributed by atoms with Gasteiger partial charge in [-0.15, -0.1) is 0 Å². The number of esters is 1. The van der Waals surface area contributed by atoms with Crippen LogP contribution in [-0.2, 0) is 11.3 Å². The van der Waals surface area contributed by atoms with Crippen LogP contribution in [0.25, 0.3) is 0 Å². The Balaban J connectivity index is 1.72. The molecule has 2 N–H and O–H groups in total. The third kappa shape index (κ3) is 4.70. The zero-order valence-electron chi connectivity index (χ0n) is 14.8. The van der Waals surface area contributed by atoms with Gasteiger partial charge in [0.15, 0.2) is 0 Å². The third-order valence-corrected chi connectivity index (χ3v) is 3.91. The van der Waals surface area contributed by atoms with Gasteiger partial charge in [0.25, 0.3) is 5.91 Å². The summed E-state index contributed by atoms with van der Waals surface area (Å²) in [6.07, 6.45) is 1.54. The minimum Gasteiger partial charge on any atom is -0.465 e. The Kier molecular flexibility index (Phi) is 5.79. The van der Waals surface area contributed by atoms with E-state index < -0.39 is 5.97 Å². The number of hydrogen-bond acceptors (Lipinski definition) is 5. The van der Waals surface area contributed by atoms with Crippen molar-refractivity contribution < 1.29 is 14.3 Å². The lowest BCUT2D eigenvalue weighted by Crippen LogP contribution is -2.22. The van der Waals surface area contributed by atoms with Gasteiger partial charge in [-0.2, -0.15) is 0 Å². The molecule has 27 heavy (non-hydrogen) atoms. The maximum Gasteiger partial charge on any atom is 0.339 e. The Morgan fingerprint density at radius 2 is 1.74 bits per heavy atom. The fourth-order valence-electron chi connectivity index (χ4n) is 2.54. The molecule has 0 saturated carbocycles. The van der Waals surface area contributed by atoms with E-state index in [2.05, 4.69) is 15.6 Å². The van der Waals surface area contributed by atoms with Gasteiger partial charge in [0.2, 0.25) is 0 Å². The predicted molar refractivity (Wildman–Crippen MR) is 103 cm³/mol. The Morgan fingerprint density at radius 1 is 1.00 bits per heavy atom. The fraction of sp³-hybridized carbons (Fsp3) is 0.0952. The van der Waals surface area contributed by atoms with Crippen molar-refractivity contribution >= 4 is 23.4 Å². The zero-order valence-corrected chi connectivity index (χ0v) is 14.8. The van der Waals surface area contributed by atoms with Gasteiger partial charge in [-0.05, 0) is 29.8 Å². The Hall–Kier alpha value is -3.67. The zero-order chi connectivity index (χ0) is 19.1. The summed E-state index contributed by atoms with van der Waals surface area (Å²) in [5.74, 6) is -0.195. The monoisotopic (exact) mass is 361 g/mol. The first kappa shape index (κ1) is 18.1. The summed E-state index contributed by atoms with van der Waals surface area (Å²) in [4.78, 5) is 28.5. The second kappa shape index (κ2) is 8.62. The van der Waals surface area contributed by atoms with Crippen LogP contribution in [0.5, 0.6) is 0 Å². The largest absolute Gasteiger partial charge is 0.465 e. The molecule has 0 atom stereocenters. The molecule has 0 fully saturated rings. The van der Waals surface area contributed by atoms with Crippen molar-refractivity contribution in [1.29, 1.82) is 0 Å². The van der Waals surface area contributed by atoms with Gasteiger partial charge in [0.1, 0.15) is 5.82 Å². The summed E-state index contributed by atoms with van der Waals surface area (Å²) >= 11 is 0. The highest BCUT2D eigenvalue weighted by Crippen LogP contribution is 2.21. The van der Waals surface area contributed by atoms with Crippen molar-refractivity contribution in [3.63, 3.8) is 0 Å². The molecule has 1 heterocycles. The van der Waals surface area contributed by atoms with Gasteiger partial charge >= 0.3 is 5.97 Å². The summed E-state index contributed by atoms with van der Waals surface area (Å²) in [7, 11) is 1.33. The average Bonchev–Trinajstić information content (AvgIpc) is 2.73. The van der Waals surface area contributed by atoms with Crippen LogP contribution in [0.1, 0.15) is 26.3 Å². The van der Waals surface area contributed by atoms with Gasteiger partial charge < -0.3 is 15.4 Å². The van der Waals surface area contributed by atoms with Crippen LogP contribution in [0.15, 0.2) is 72.9 Å². The van der Waals surface area contributed by atoms with E-state index >= 15 is 0 Å². The van der Waals surface area contributed by atoms with Gasteiger partial charge in [0.05, 0.1) is 18.4 Å². The van der Waals surface area contributed by atoms with E-state index in [1.165, 1.54) is 7.11 Å². The average molecular weight is 361 g/mol. The van der Waals surface area contributed by atoms with Gasteiger partial charge in [-0.25, -0.2) is 9.78 Å². The van der Waals surface area contributed by atoms with Gasteiger partial charge in [-0.3, -0.25) is 4.79 Å². The number of nitrogens with zero attached hydrogens (tertiary/aromatic N) is 1. The van der Waals surface area contributed by atoms with Crippen molar-refractivity contribution in [1.82, 2.24) is 10.3 Å². The number of nitrogens with one attached hydrogen (secondary N) is 2. The normalized spacial score (nSPS) is 10.1. The molecule has 0 aliphatic carbocycles. The highest BCUT2D eigenvalue weighted by Gasteiger charge is 2.12. The number of hydrogen-bond donors (Lipinski definition) is 2. The molecule has 0 unspecified atom stereocenters. The van der Waals surface area contributed by atoms with Crippen LogP contribution in [-0.4, -0.2) is 24.0 Å². The van der Waals surface area contributed by atoms with Crippen LogP contribution >= 0.6 is 0 Å². The number of carbonyl (C=O) groups is 2. The molecule has 136 valence electrons. The van der Waals surface area contributed by atoms with Gasteiger partial charge in [0, 0.05) is 18.3 Å². The summed E-state index contributed by atoms with van der Waals surface area (Å²) in [5.41, 5.74) is 2.43. The molecular formula is C21H19N3O3. The molecule has 0 spiro atoms. The SMILES string of the molecule is COC(=O)c1ccccc1Nc1cc(C(=O)NCc2ccccc2)ccn1. The third-order valence-electron chi connectivity index (χ3n) is 3.91. The molecule has 0 saturated heterocycles. The Labute approximate surface area is 157 Å². The maximum atomic E-state index is 12.4. The number of rotatable bonds is 6. The van der Waals surface area contributed by atoms with Crippen LogP contribution in [0.2, 0.25) is 0 Å². The van der Waals surface area contributed by atoms with Crippen molar-refractivity contribution in [2.75, 3.05) is 12.4 Å². The maximum absolute atomic E-state index is 12.4. The predicted octanol–water partition coefficient (Wildman–Crippen LogP) is 3.54. The molecule has 3 aromatic rings. The number of aromatic nitrogens is 1. The minimum atomic E-state index is -0.449. The lowest BCUT2D eigenvalue weighted by atomic mass is 10.1. The summed E-state index contributed by atoms with van der Waals surface area (Å²) < 4.78 is 4.79. The van der Waals surface area contributed by atoms with Crippen molar-refractivity contribution in [2.45, 2.75) is 6.54 Å². The number of benzene rings is 2. The summed E-state index contributed by atoms with van der Waals surface area (Å²) in [5, 5.41) is 5.94. The minimum absolute atomic E-state index is 0.203. The lowest BCUT2D eigenvalue weighted by molar-refractivity contribution is 0.0601. The molecule has 6 heteroatoms. The van der Waals surface area contributed by atoms with E-state index in [4.69, 9.17) is 4.74 Å². The molecule has 6 nitrogen and oxygen atoms in total. The van der Waals surface area contributed by atoms with Crippen LogP contribution in [0.3, 0.4) is 0 Å². The number of pyridine rings is 1. The number of carbonyl (C=O) groups excluding carboxylic acids is 2. The van der Waals surface area contributed by atoms with Crippen molar-refractivity contribution in [2.24, 2.45) is 0 Å². The highest BCUT2D eigenvalue weighted by atomic mass is 16.5. The Morgan fingerprint density at radius 3 is 2.52 bits per heavy atom. The number of para-hydroxylation sites is 1. The first-order chi connectivity index (χ1) is 13.2. The van der Waals surface area contributed by atoms with Crippen molar-refractivity contribution in [3.05, 3.63) is 89.6 Å². The number of amides is 1. The van der Waals surface area contributed by atoms with Crippen LogP contribution in [0, 0.1) is 0 Å². The first-order valence-corrected chi connectivity index (χ1v) is 8.40. The molecule has 0 bridgehead atoms. The molecule has 0 radical (unpaired) electrons. The highest BCUT2D eigenvalue weighted by molar-refractivity contribution is 5.97. The number of methoxy groups -OCH3 is 1. The van der Waals surface area contributed by atoms with E-state index in [1.807, 2.05) is 30.3 Å². The smallest absolute Gasteiger partial charge is 0.339 e. The van der Waals surface area contributed by atoms with E-state index in [0.717, 1.165) is 5.56 Å². The first-order valence-electron chi connectivity index (χ1n) is 8.40. The Bertz CT molecular complexity index is 942. The topological polar surface area (TPSA) is 80.3 Å². The molecule has 1 amide bonds. The van der Waals surface area contributed by atoms with Gasteiger partial charge in [-0.1, -0.05) is 42.5 Å². The van der Waals surface area contributed by atoms with Crippen LogP contribution in [0.4, 0.5) is 11.5 Å². The fourth-order valence-corrected chi connectivity index (χ4v) is 2.54. The summed E-state index contributed by atoms with van der Waals surface area (Å²) in [6, 6.07) is 19.9. The van der Waals surface area contributed by atoms with E-state index in [-0.39, 0.29) is 5.91 Å². The standard InChI is InChI=1S/C21H19N3O3/c1-27-21(26)17-9-5-6-10-18(17)24-19-13-16(11-12-22-19)20(25)23-14-15-7-3-2-4-8-15/h2-13H,14H2,1H3,(H,22,24)(H,23,25). The summed E-state index contributed by atoms with van der Waals surface area (Å²) in [6.45, 7) is 0.440. The molecule has 1 aromatic heterocycles. The lowest BCUT2D eigenvalue weighted by Gasteiger charge is -2.11. The van der Waals surface area contributed by atoms with E-state index in [1.54, 1.807) is 42.6 Å². The molecule has 0 aliphatic rings.